The van der Waals surface area contributed by atoms with Gasteiger partial charge in [0.05, 0.1) is 12.2 Å². The lowest BCUT2D eigenvalue weighted by molar-refractivity contribution is 0.0609. The quantitative estimate of drug-likeness (QED) is 0.534. The molecular weight excluding hydrogens is 332 g/mol. The second-order valence-electron chi connectivity index (χ2n) is 10.4. The van der Waals surface area contributed by atoms with Crippen LogP contribution in [0.2, 0.25) is 0 Å². The molecule has 0 radical (unpaired) electrons. The van der Waals surface area contributed by atoms with Crippen LogP contribution in [0.5, 0.6) is 0 Å². The summed E-state index contributed by atoms with van der Waals surface area (Å²) in [5.41, 5.74) is 3.43. The van der Waals surface area contributed by atoms with Crippen LogP contribution in [0, 0.1) is 17.3 Å². The van der Waals surface area contributed by atoms with Crippen LogP contribution in [-0.2, 0) is 0 Å². The molecule has 3 fully saturated rings. The molecule has 2 heteroatoms. The van der Waals surface area contributed by atoms with Crippen molar-refractivity contribution in [3.8, 4) is 0 Å². The minimum atomic E-state index is -0.359. The lowest BCUT2D eigenvalue weighted by Crippen LogP contribution is -2.24. The largest absolute Gasteiger partial charge is 0.393 e. The third-order valence-corrected chi connectivity index (χ3v) is 7.35. The van der Waals surface area contributed by atoms with Crippen molar-refractivity contribution in [2.24, 2.45) is 17.3 Å². The van der Waals surface area contributed by atoms with Crippen molar-refractivity contribution in [1.82, 2.24) is 0 Å². The van der Waals surface area contributed by atoms with Crippen LogP contribution >= 0.6 is 0 Å². The molecule has 27 heavy (non-hydrogen) atoms. The van der Waals surface area contributed by atoms with E-state index in [4.69, 9.17) is 0 Å². The Bertz CT molecular complexity index is 520. The number of hydrogen-bond acceptors (Lipinski definition) is 2. The third-order valence-electron chi connectivity index (χ3n) is 7.35. The average molecular weight is 375 g/mol. The van der Waals surface area contributed by atoms with Crippen LogP contribution in [0.1, 0.15) is 104 Å². The minimum absolute atomic E-state index is 0.359. The van der Waals surface area contributed by atoms with Crippen LogP contribution in [0.15, 0.2) is 23.3 Å². The highest BCUT2D eigenvalue weighted by atomic mass is 16.3. The Morgan fingerprint density at radius 1 is 1.04 bits per heavy atom. The first kappa shape index (κ1) is 21.1. The minimum Gasteiger partial charge on any atom is -0.393 e. The van der Waals surface area contributed by atoms with E-state index in [0.29, 0.717) is 11.8 Å². The highest BCUT2D eigenvalue weighted by molar-refractivity contribution is 5.22. The number of unbranched alkanes of at least 4 members (excludes halogenated alkanes) is 1. The maximum Gasteiger partial charge on any atom is 0.0602 e. The molecule has 0 aromatic rings. The van der Waals surface area contributed by atoms with Gasteiger partial charge in [-0.05, 0) is 81.5 Å². The first-order chi connectivity index (χ1) is 12.9. The molecule has 0 unspecified atom stereocenters. The van der Waals surface area contributed by atoms with Gasteiger partial charge in [0.25, 0.3) is 0 Å². The van der Waals surface area contributed by atoms with Gasteiger partial charge in [-0.2, -0.15) is 0 Å². The molecule has 0 saturated heterocycles. The molecule has 2 nitrogen and oxygen atoms in total. The predicted octanol–water partition coefficient (Wildman–Crippen LogP) is 6.32. The molecule has 0 aromatic heterocycles. The highest BCUT2D eigenvalue weighted by Gasteiger charge is 2.40. The Morgan fingerprint density at radius 3 is 2.52 bits per heavy atom. The molecule has 3 rings (SSSR count). The molecule has 0 aromatic carbocycles. The van der Waals surface area contributed by atoms with E-state index in [1.54, 1.807) is 5.57 Å². The fourth-order valence-electron chi connectivity index (χ4n) is 5.98. The summed E-state index contributed by atoms with van der Waals surface area (Å²) in [7, 11) is 0. The lowest BCUT2D eigenvalue weighted by Gasteiger charge is -2.35. The van der Waals surface area contributed by atoms with E-state index < -0.39 is 0 Å². The number of aliphatic hydroxyl groups is 2. The first-order valence-corrected chi connectivity index (χ1v) is 11.7. The van der Waals surface area contributed by atoms with Gasteiger partial charge in [-0.25, -0.2) is 0 Å². The van der Waals surface area contributed by atoms with Crippen molar-refractivity contribution in [2.75, 3.05) is 0 Å². The molecule has 3 aliphatic rings. The third kappa shape index (κ3) is 6.46. The van der Waals surface area contributed by atoms with E-state index in [2.05, 4.69) is 26.0 Å². The van der Waals surface area contributed by atoms with Crippen LogP contribution < -0.4 is 0 Å². The zero-order valence-corrected chi connectivity index (χ0v) is 17.8. The molecule has 0 heterocycles. The highest BCUT2D eigenvalue weighted by Crippen LogP contribution is 2.53. The zero-order chi connectivity index (χ0) is 19.3. The van der Waals surface area contributed by atoms with Gasteiger partial charge < -0.3 is 10.2 Å². The van der Waals surface area contributed by atoms with Crippen molar-refractivity contribution >= 4 is 0 Å². The van der Waals surface area contributed by atoms with Crippen LogP contribution in [-0.4, -0.2) is 22.4 Å². The fourth-order valence-corrected chi connectivity index (χ4v) is 5.98. The van der Waals surface area contributed by atoms with E-state index in [1.807, 2.05) is 0 Å². The lowest BCUT2D eigenvalue weighted by atomic mass is 9.70. The van der Waals surface area contributed by atoms with Crippen molar-refractivity contribution in [1.29, 1.82) is 0 Å². The topological polar surface area (TPSA) is 40.5 Å². The summed E-state index contributed by atoms with van der Waals surface area (Å²) in [5.74, 6) is 1.82. The summed E-state index contributed by atoms with van der Waals surface area (Å²) in [6.45, 7) is 4.68. The molecule has 0 amide bonds. The monoisotopic (exact) mass is 374 g/mol. The Hall–Kier alpha value is -0.600. The molecule has 3 aliphatic carbocycles. The summed E-state index contributed by atoms with van der Waals surface area (Å²) in [6.07, 6.45) is 21.2. The molecule has 3 saturated carbocycles. The molecule has 154 valence electrons. The van der Waals surface area contributed by atoms with Crippen molar-refractivity contribution in [3.63, 3.8) is 0 Å². The van der Waals surface area contributed by atoms with Gasteiger partial charge in [-0.3, -0.25) is 0 Å². The van der Waals surface area contributed by atoms with Gasteiger partial charge in [-0.1, -0.05) is 62.8 Å². The SMILES string of the molecule is CC(C)CCCC[C@H]1CC[C@@]2(CCC/C(=C\C=C3C[C@@H](O)C[C@H](O)C3)C2)C1. The van der Waals surface area contributed by atoms with Gasteiger partial charge in [-0.15, -0.1) is 0 Å². The zero-order valence-electron chi connectivity index (χ0n) is 17.8. The van der Waals surface area contributed by atoms with Gasteiger partial charge >= 0.3 is 0 Å². The Balaban J connectivity index is 1.50. The average Bonchev–Trinajstić information content (AvgIpc) is 2.98. The maximum atomic E-state index is 9.88. The predicted molar refractivity (Wildman–Crippen MR) is 114 cm³/mol. The van der Waals surface area contributed by atoms with Crippen LogP contribution in [0.3, 0.4) is 0 Å². The Morgan fingerprint density at radius 2 is 1.78 bits per heavy atom. The summed E-state index contributed by atoms with van der Waals surface area (Å²) in [5, 5.41) is 19.8. The van der Waals surface area contributed by atoms with Crippen molar-refractivity contribution < 1.29 is 10.2 Å². The second kappa shape index (κ2) is 9.74. The van der Waals surface area contributed by atoms with Gasteiger partial charge in [0.15, 0.2) is 0 Å². The number of hydrogen-bond donors (Lipinski definition) is 2. The summed E-state index contributed by atoms with van der Waals surface area (Å²) >= 11 is 0. The van der Waals surface area contributed by atoms with Gasteiger partial charge in [0.2, 0.25) is 0 Å². The maximum absolute atomic E-state index is 9.88. The summed E-state index contributed by atoms with van der Waals surface area (Å²) in [4.78, 5) is 0. The van der Waals surface area contributed by atoms with E-state index >= 15 is 0 Å². The normalized spacial score (nSPS) is 36.1. The number of allylic oxidation sites excluding steroid dienone is 3. The molecule has 0 bridgehead atoms. The number of rotatable bonds is 6. The Kier molecular flexibility index (Phi) is 7.62. The molecule has 1 spiro atoms. The molecular formula is C25H42O2. The van der Waals surface area contributed by atoms with Crippen molar-refractivity contribution in [3.05, 3.63) is 23.3 Å². The van der Waals surface area contributed by atoms with Crippen molar-refractivity contribution in [2.45, 2.75) is 116 Å². The van der Waals surface area contributed by atoms with Gasteiger partial charge in [0.1, 0.15) is 0 Å². The van der Waals surface area contributed by atoms with E-state index in [1.165, 1.54) is 76.2 Å². The van der Waals surface area contributed by atoms with E-state index in [9.17, 15) is 10.2 Å². The van der Waals surface area contributed by atoms with E-state index in [-0.39, 0.29) is 12.2 Å². The standard InChI is InChI=1S/C25H42O2/c1-19(2)6-3-4-7-21-11-13-25(18-21)12-5-8-20(17-25)9-10-22-14-23(26)16-24(27)15-22/h9-10,19,21,23-24,26-27H,3-8,11-18H2,1-2H3/b20-9+/t21-,23+,24+,25+/m0/s1. The summed E-state index contributed by atoms with van der Waals surface area (Å²) in [6, 6.07) is 0. The Labute approximate surface area is 167 Å². The smallest absolute Gasteiger partial charge is 0.0602 e. The van der Waals surface area contributed by atoms with Crippen LogP contribution in [0.25, 0.3) is 0 Å². The molecule has 4 atom stereocenters. The molecule has 0 aliphatic heterocycles. The second-order valence-corrected chi connectivity index (χ2v) is 10.4. The van der Waals surface area contributed by atoms with Gasteiger partial charge in [0, 0.05) is 0 Å². The first-order valence-electron chi connectivity index (χ1n) is 11.7. The molecule has 2 N–H and O–H groups in total. The number of aliphatic hydroxyl groups excluding tert-OH is 2. The van der Waals surface area contributed by atoms with E-state index in [0.717, 1.165) is 24.7 Å². The van der Waals surface area contributed by atoms with Crippen LogP contribution in [0.4, 0.5) is 0 Å². The summed E-state index contributed by atoms with van der Waals surface area (Å²) < 4.78 is 0. The fraction of sp³-hybridized carbons (Fsp3) is 0.840.